The number of aliphatic hydroxyl groups is 2. The van der Waals surface area contributed by atoms with Gasteiger partial charge in [0.05, 0.1) is 49.5 Å². The van der Waals surface area contributed by atoms with E-state index in [1.54, 1.807) is 38.9 Å². The second-order valence-electron chi connectivity index (χ2n) is 24.8. The standard InChI is InChI=1S/C64H64N14O22S6/c1-22(79)40-54(88)74-41(23(2)95-7)57-69-32(20-103-57)52(86)75-44-46-47(100-38-13-64(4,93)48(77(5)6)24(3)99-38)63(92)97-14-25-9-8-10-34-39(25)27(15-96-46)45(78(34)94)62(91)98-16-28(66-50(84)30-19-105-59(44)71-30)56-67-29(17-102-56)42-26(55-68-31(18-101-55)51(85)73-40)11-35(80)43(72-42)58-70-33(21-104-58)53(87)76-60(49(65)83)106-36(61(89)90)12-37(81)82/h8-11,17-22,24,28,36,38,40,44,46-48,60,79-80,93-94H,12-16H2,1-7H3,(H2,65,83)(H,66,84)(H,73,85)(H,74,88)(H,75,86)(H,76,87)(H,81,82)(H,89,90)/b41-23+/t22-,24+,28+,36?,38+,40?,44+,46+,47+,48-,60?,64+/m1/s1. The van der Waals surface area contributed by atoms with E-state index in [9.17, 15) is 59.5 Å². The predicted octanol–water partition coefficient (Wildman–Crippen LogP) is 3.37. The second kappa shape index (κ2) is 30.8. The van der Waals surface area contributed by atoms with Crippen molar-refractivity contribution in [2.45, 2.75) is 125 Å². The molecule has 8 aromatic rings. The molecular weight excluding hydrogens is 1510 g/mol. The third-order valence-electron chi connectivity index (χ3n) is 17.2. The molecule has 13 N–H and O–H groups in total. The van der Waals surface area contributed by atoms with Crippen LogP contribution in [0.4, 0.5) is 0 Å². The minimum atomic E-state index is -1.95. The van der Waals surface area contributed by atoms with Crippen LogP contribution in [0.3, 0.4) is 0 Å². The molecule has 0 radical (unpaired) electrons. The highest BCUT2D eigenvalue weighted by molar-refractivity contribution is 8.01. The van der Waals surface area contributed by atoms with E-state index in [4.69, 9.17) is 49.1 Å². The normalized spacial score (nSPS) is 23.7. The molecule has 1 aromatic carbocycles. The highest BCUT2D eigenvalue weighted by Gasteiger charge is 2.50. The fourth-order valence-electron chi connectivity index (χ4n) is 12.4. The van der Waals surface area contributed by atoms with Gasteiger partial charge in [-0.25, -0.2) is 39.5 Å². The summed E-state index contributed by atoms with van der Waals surface area (Å²) in [6.45, 7) is 4.04. The number of carboxylic acid groups (broad SMARTS) is 2. The van der Waals surface area contributed by atoms with E-state index < -0.39 is 174 Å². The molecule has 106 heavy (non-hydrogen) atoms. The van der Waals surface area contributed by atoms with Crippen molar-refractivity contribution in [1.82, 2.24) is 66.1 Å². The summed E-state index contributed by atoms with van der Waals surface area (Å²) in [5.41, 5.74) is 1.79. The van der Waals surface area contributed by atoms with E-state index in [-0.39, 0.29) is 116 Å². The van der Waals surface area contributed by atoms with Crippen LogP contribution >= 0.6 is 68.4 Å². The van der Waals surface area contributed by atoms with Crippen LogP contribution in [0.15, 0.2) is 56.9 Å². The number of ether oxygens (including phenoxy) is 6. The summed E-state index contributed by atoms with van der Waals surface area (Å²) < 4.78 is 38.2. The van der Waals surface area contributed by atoms with Gasteiger partial charge in [-0.2, -0.15) is 4.73 Å². The number of hydrogen-bond acceptors (Lipinski definition) is 33. The van der Waals surface area contributed by atoms with Crippen molar-refractivity contribution in [3.8, 4) is 38.4 Å². The summed E-state index contributed by atoms with van der Waals surface area (Å²) in [5.74, 6) is -12.2. The molecule has 4 aliphatic rings. The van der Waals surface area contributed by atoms with Crippen molar-refractivity contribution in [2.24, 2.45) is 5.73 Å². The number of cyclic esters (lactones) is 2. The van der Waals surface area contributed by atoms with E-state index in [2.05, 4.69) is 41.5 Å². The Morgan fingerprint density at radius 1 is 0.849 bits per heavy atom. The lowest BCUT2D eigenvalue weighted by atomic mass is 9.85. The Labute approximate surface area is 622 Å². The number of aliphatic hydroxyl groups excluding tert-OH is 1. The number of aliphatic carboxylic acids is 2. The number of nitrogens with zero attached hydrogens (tertiary/aromatic N) is 8. The number of rotatable bonds is 14. The van der Waals surface area contributed by atoms with Crippen LogP contribution in [0.25, 0.3) is 49.3 Å². The number of carbonyl (C=O) groups is 10. The van der Waals surface area contributed by atoms with Crippen molar-refractivity contribution < 1.29 is 107 Å². The first-order chi connectivity index (χ1) is 50.4. The highest BCUT2D eigenvalue weighted by atomic mass is 32.2. The van der Waals surface area contributed by atoms with Crippen LogP contribution in [-0.2, 0) is 65.6 Å². The van der Waals surface area contributed by atoms with Crippen LogP contribution < -0.4 is 32.3 Å². The van der Waals surface area contributed by atoms with Gasteiger partial charge in [-0.1, -0.05) is 12.1 Å². The number of nitrogens with two attached hydrogens (primary N) is 1. The Morgan fingerprint density at radius 3 is 2.20 bits per heavy atom. The number of aromatic nitrogens is 7. The Morgan fingerprint density at radius 2 is 1.51 bits per heavy atom. The number of hydrogen-bond donors (Lipinski definition) is 12. The van der Waals surface area contributed by atoms with Gasteiger partial charge in [0.15, 0.2) is 23.5 Å². The maximum atomic E-state index is 15.2. The SMILES string of the molecule is CO/C(C)=C1/NC(=O)C([C@@H](C)O)NC(=O)c2csc(n2)-c2cc(O)c(-c3nc(C(=O)NC(SC(CC(=O)O)C(=O)O)C(N)=O)cs3)nc2-c2csc(n2)[C@@H]2COC(=O)c3c4c5c(cccc5n3O)COC(=O)[C@@H](O[C@H]3C[C@](C)(O)[C@H](N(C)C)[C@H](C)O3)[C@@H](OC4)[C@H](NC(=O)c3csc1n3)c1nc(cs1)C(=O)N2. The molecule has 42 heteroatoms. The molecule has 3 unspecified atom stereocenters. The molecule has 12 atom stereocenters. The number of carboxylic acids is 2. The molecule has 1 fully saturated rings. The number of benzene rings is 1. The van der Waals surface area contributed by atoms with Gasteiger partial charge in [0.2, 0.25) is 5.91 Å². The summed E-state index contributed by atoms with van der Waals surface area (Å²) in [4.78, 5) is 169. The largest absolute Gasteiger partial charge is 0.506 e. The Hall–Kier alpha value is -9.99. The number of carbonyl (C=O) groups excluding carboxylic acids is 8. The van der Waals surface area contributed by atoms with Crippen molar-refractivity contribution in [3.05, 3.63) is 112 Å². The highest BCUT2D eigenvalue weighted by Crippen LogP contribution is 2.43. The van der Waals surface area contributed by atoms with Gasteiger partial charge < -0.3 is 96.4 Å². The average molecular weight is 1570 g/mol. The number of nitrogens with one attached hydrogen (secondary N) is 5. The molecule has 0 aliphatic carbocycles. The number of esters is 2. The average Bonchev–Trinajstić information content (AvgIpc) is 1.57. The first-order valence-corrected chi connectivity index (χ1v) is 37.1. The molecule has 6 amide bonds. The van der Waals surface area contributed by atoms with Crippen LogP contribution in [0.5, 0.6) is 5.75 Å². The molecule has 4 aliphatic heterocycles. The topological polar surface area (TPSA) is 519 Å². The lowest BCUT2D eigenvalue weighted by Gasteiger charge is -2.48. The molecule has 11 heterocycles. The number of fused-ring (bicyclic) bond motifs is 15. The maximum absolute atomic E-state index is 15.2. The number of primary amides is 1. The zero-order chi connectivity index (χ0) is 76.1. The van der Waals surface area contributed by atoms with Crippen LogP contribution in [0.2, 0.25) is 0 Å². The summed E-state index contributed by atoms with van der Waals surface area (Å²) in [6.07, 6.45) is -8.68. The van der Waals surface area contributed by atoms with Gasteiger partial charge in [0.25, 0.3) is 29.5 Å². The van der Waals surface area contributed by atoms with E-state index in [1.807, 2.05) is 0 Å². The molecule has 12 bridgehead atoms. The monoisotopic (exact) mass is 1570 g/mol. The van der Waals surface area contributed by atoms with Crippen LogP contribution in [0, 0.1) is 0 Å². The number of methoxy groups -OCH3 is 1. The summed E-state index contributed by atoms with van der Waals surface area (Å²) >= 11 is 4.43. The predicted molar refractivity (Wildman–Crippen MR) is 376 cm³/mol. The van der Waals surface area contributed by atoms with Gasteiger partial charge in [0, 0.05) is 49.8 Å². The molecule has 36 nitrogen and oxygen atoms in total. The number of amides is 6. The summed E-state index contributed by atoms with van der Waals surface area (Å²) in [7, 11) is 4.79. The number of aromatic hydroxyl groups is 1. The number of thioether (sulfide) groups is 1. The maximum Gasteiger partial charge on any atom is 0.358 e. The Kier molecular flexibility index (Phi) is 22.0. The van der Waals surface area contributed by atoms with E-state index in [1.165, 1.54) is 66.1 Å². The molecular formula is C64H64N14O22S6. The number of allylic oxidation sites excluding steroid dienone is 1. The number of pyridine rings is 1. The van der Waals surface area contributed by atoms with Crippen LogP contribution in [0.1, 0.15) is 131 Å². The van der Waals surface area contributed by atoms with Crippen LogP contribution in [-0.4, -0.2) is 216 Å². The summed E-state index contributed by atoms with van der Waals surface area (Å²) in [6, 6.07) is 0.327. The molecule has 558 valence electrons. The van der Waals surface area contributed by atoms with Gasteiger partial charge in [-0.05, 0) is 59.5 Å². The zero-order valence-corrected chi connectivity index (χ0v) is 61.3. The molecule has 1 saturated heterocycles. The quantitative estimate of drug-likeness (QED) is 0.0321. The van der Waals surface area contributed by atoms with E-state index >= 15 is 19.2 Å². The fourth-order valence-corrected chi connectivity index (χ4v) is 17.5. The number of thiazole rings is 5. The lowest BCUT2D eigenvalue weighted by molar-refractivity contribution is -0.280. The van der Waals surface area contributed by atoms with Gasteiger partial charge in [-0.3, -0.25) is 38.4 Å². The number of likely N-dealkylation sites (N-methyl/N-ethyl adjacent to an activating group) is 1. The molecule has 0 saturated carbocycles. The van der Waals surface area contributed by atoms with Crippen molar-refractivity contribution in [3.63, 3.8) is 0 Å². The van der Waals surface area contributed by atoms with Gasteiger partial charge >= 0.3 is 23.9 Å². The lowest BCUT2D eigenvalue weighted by Crippen LogP contribution is -2.62. The minimum Gasteiger partial charge on any atom is -0.506 e. The van der Waals surface area contributed by atoms with E-state index in [0.29, 0.717) is 4.73 Å². The zero-order valence-electron chi connectivity index (χ0n) is 56.4. The minimum absolute atomic E-state index is 0.00328. The van der Waals surface area contributed by atoms with Gasteiger partial charge in [0.1, 0.15) is 125 Å². The first-order valence-electron chi connectivity index (χ1n) is 31.8. The molecule has 7 aromatic heterocycles. The fraction of sp³-hybridized carbons (Fsp3) is 0.375. The third kappa shape index (κ3) is 15.5. The van der Waals surface area contributed by atoms with Crippen molar-refractivity contribution >= 4 is 144 Å². The molecule has 12 rings (SSSR count). The van der Waals surface area contributed by atoms with E-state index in [0.717, 1.165) is 56.7 Å². The van der Waals surface area contributed by atoms with Crippen molar-refractivity contribution in [2.75, 3.05) is 27.8 Å². The summed E-state index contributed by atoms with van der Waals surface area (Å²) in [5, 5.41) is 82.3. The smallest absolute Gasteiger partial charge is 0.358 e. The second-order valence-corrected chi connectivity index (χ2v) is 30.5. The molecule has 0 spiro atoms. The van der Waals surface area contributed by atoms with Crippen molar-refractivity contribution in [1.29, 1.82) is 0 Å². The Balaban J connectivity index is 1.02. The Bertz CT molecular complexity index is 4890. The van der Waals surface area contributed by atoms with Gasteiger partial charge in [-0.15, -0.1) is 68.4 Å². The first kappa shape index (κ1) is 75.7. The third-order valence-corrected chi connectivity index (χ3v) is 23.0.